The maximum absolute atomic E-state index is 12.7. The summed E-state index contributed by atoms with van der Waals surface area (Å²) >= 11 is 0. The number of hydrogen-bond donors (Lipinski definition) is 0. The second kappa shape index (κ2) is 5.76. The Morgan fingerprint density at radius 1 is 1.00 bits per heavy atom. The van der Waals surface area contributed by atoms with Gasteiger partial charge in [0, 0.05) is 5.56 Å². The minimum atomic E-state index is -0.277. The Bertz CT molecular complexity index is 683. The van der Waals surface area contributed by atoms with Crippen molar-refractivity contribution in [3.63, 3.8) is 0 Å². The highest BCUT2D eigenvalue weighted by molar-refractivity contribution is 6.10. The van der Waals surface area contributed by atoms with Crippen LogP contribution in [0, 0.1) is 32.6 Å². The molecule has 120 valence electrons. The van der Waals surface area contributed by atoms with Gasteiger partial charge in [0.25, 0.3) is 0 Å². The van der Waals surface area contributed by atoms with Gasteiger partial charge < -0.3 is 0 Å². The van der Waals surface area contributed by atoms with Gasteiger partial charge >= 0.3 is 0 Å². The van der Waals surface area contributed by atoms with Crippen molar-refractivity contribution < 1.29 is 14.4 Å². The van der Waals surface area contributed by atoms with E-state index in [2.05, 4.69) is 0 Å². The molecule has 0 radical (unpaired) electrons. The molecule has 2 atom stereocenters. The van der Waals surface area contributed by atoms with Crippen LogP contribution in [-0.4, -0.2) is 29.0 Å². The predicted molar refractivity (Wildman–Crippen MR) is 87.1 cm³/mol. The van der Waals surface area contributed by atoms with Crippen molar-refractivity contribution in [2.75, 3.05) is 6.54 Å². The van der Waals surface area contributed by atoms with Gasteiger partial charge in [0.2, 0.25) is 11.8 Å². The fourth-order valence-electron chi connectivity index (χ4n) is 3.87. The molecule has 0 saturated carbocycles. The van der Waals surface area contributed by atoms with E-state index in [0.717, 1.165) is 16.7 Å². The van der Waals surface area contributed by atoms with E-state index < -0.39 is 0 Å². The summed E-state index contributed by atoms with van der Waals surface area (Å²) in [6.45, 7) is 5.63. The van der Waals surface area contributed by atoms with E-state index in [0.29, 0.717) is 18.4 Å². The molecule has 0 unspecified atom stereocenters. The molecule has 3 rings (SSSR count). The summed E-state index contributed by atoms with van der Waals surface area (Å²) in [5.74, 6) is -1.10. The first kappa shape index (κ1) is 15.7. The Balaban J connectivity index is 1.84. The van der Waals surface area contributed by atoms with E-state index in [1.165, 1.54) is 4.90 Å². The van der Waals surface area contributed by atoms with Crippen LogP contribution in [0.3, 0.4) is 0 Å². The van der Waals surface area contributed by atoms with Crippen LogP contribution in [0.4, 0.5) is 0 Å². The number of carbonyl (C=O) groups excluding carboxylic acids is 3. The zero-order chi connectivity index (χ0) is 16.7. The molecular formula is C19H21NO3. The summed E-state index contributed by atoms with van der Waals surface area (Å²) in [4.78, 5) is 38.8. The van der Waals surface area contributed by atoms with E-state index in [4.69, 9.17) is 0 Å². The topological polar surface area (TPSA) is 54.5 Å². The van der Waals surface area contributed by atoms with Gasteiger partial charge in [-0.05, 0) is 44.7 Å². The lowest BCUT2D eigenvalue weighted by Crippen LogP contribution is -2.36. The summed E-state index contributed by atoms with van der Waals surface area (Å²) in [6.07, 6.45) is 5.10. The van der Waals surface area contributed by atoms with Crippen molar-refractivity contribution in [2.24, 2.45) is 11.8 Å². The average molecular weight is 311 g/mol. The molecule has 4 nitrogen and oxygen atoms in total. The number of rotatable bonds is 3. The van der Waals surface area contributed by atoms with Crippen molar-refractivity contribution in [3.05, 3.63) is 46.5 Å². The van der Waals surface area contributed by atoms with E-state index >= 15 is 0 Å². The standard InChI is InChI=1S/C19H21NO3/c1-11-8-12(2)17(13(3)9-11)16(21)10-20-18(22)14-6-4-5-7-15(14)19(20)23/h4-5,8-9,14-15H,6-7,10H2,1-3H3/t14-,15+. The van der Waals surface area contributed by atoms with Crippen LogP contribution in [0.15, 0.2) is 24.3 Å². The molecule has 2 aliphatic rings. The molecule has 4 heteroatoms. The summed E-state index contributed by atoms with van der Waals surface area (Å²) in [7, 11) is 0. The number of amides is 2. The van der Waals surface area contributed by atoms with Crippen molar-refractivity contribution in [1.82, 2.24) is 4.90 Å². The molecule has 23 heavy (non-hydrogen) atoms. The number of hydrogen-bond acceptors (Lipinski definition) is 3. The molecule has 0 N–H and O–H groups in total. The highest BCUT2D eigenvalue weighted by Gasteiger charge is 2.47. The Morgan fingerprint density at radius 2 is 1.48 bits per heavy atom. The number of Topliss-reactive ketones (excluding diaryl/α,β-unsaturated/α-hetero) is 1. The van der Waals surface area contributed by atoms with Crippen molar-refractivity contribution in [3.8, 4) is 0 Å². The quantitative estimate of drug-likeness (QED) is 0.490. The van der Waals surface area contributed by atoms with Gasteiger partial charge in [-0.3, -0.25) is 19.3 Å². The summed E-state index contributed by atoms with van der Waals surface area (Å²) in [5.41, 5.74) is 3.52. The van der Waals surface area contributed by atoms with Crippen LogP contribution in [0.5, 0.6) is 0 Å². The largest absolute Gasteiger partial charge is 0.292 e. The van der Waals surface area contributed by atoms with Crippen LogP contribution in [0.1, 0.15) is 39.9 Å². The molecule has 0 bridgehead atoms. The molecule has 1 aromatic rings. The van der Waals surface area contributed by atoms with Crippen molar-refractivity contribution in [1.29, 1.82) is 0 Å². The van der Waals surface area contributed by atoms with Gasteiger partial charge in [0.15, 0.2) is 5.78 Å². The zero-order valence-electron chi connectivity index (χ0n) is 13.8. The lowest BCUT2D eigenvalue weighted by molar-refractivity contribution is -0.139. The van der Waals surface area contributed by atoms with Gasteiger partial charge in [0.1, 0.15) is 0 Å². The second-order valence-corrected chi connectivity index (χ2v) is 6.62. The van der Waals surface area contributed by atoms with Gasteiger partial charge in [0.05, 0.1) is 18.4 Å². The van der Waals surface area contributed by atoms with Crippen LogP contribution in [0.2, 0.25) is 0 Å². The van der Waals surface area contributed by atoms with Gasteiger partial charge in [-0.15, -0.1) is 0 Å². The molecule has 0 aromatic heterocycles. The fourth-order valence-corrected chi connectivity index (χ4v) is 3.87. The fraction of sp³-hybridized carbons (Fsp3) is 0.421. The Hall–Kier alpha value is -2.23. The molecule has 1 aliphatic heterocycles. The summed E-state index contributed by atoms with van der Waals surface area (Å²) in [6, 6.07) is 3.91. The van der Waals surface area contributed by atoms with E-state index in [9.17, 15) is 14.4 Å². The monoisotopic (exact) mass is 311 g/mol. The number of likely N-dealkylation sites (tertiary alicyclic amines) is 1. The molecule has 1 heterocycles. The van der Waals surface area contributed by atoms with Gasteiger partial charge in [-0.1, -0.05) is 29.8 Å². The van der Waals surface area contributed by atoms with Crippen molar-refractivity contribution in [2.45, 2.75) is 33.6 Å². The molecule has 1 saturated heterocycles. The number of allylic oxidation sites excluding steroid dienone is 2. The van der Waals surface area contributed by atoms with E-state index in [1.807, 2.05) is 45.1 Å². The maximum Gasteiger partial charge on any atom is 0.233 e. The van der Waals surface area contributed by atoms with Crippen LogP contribution in [-0.2, 0) is 9.59 Å². The van der Waals surface area contributed by atoms with Crippen LogP contribution < -0.4 is 0 Å². The smallest absolute Gasteiger partial charge is 0.233 e. The Morgan fingerprint density at radius 3 is 1.96 bits per heavy atom. The summed E-state index contributed by atoms with van der Waals surface area (Å²) in [5, 5.41) is 0. The van der Waals surface area contributed by atoms with E-state index in [1.54, 1.807) is 0 Å². The minimum Gasteiger partial charge on any atom is -0.292 e. The number of nitrogens with zero attached hydrogens (tertiary/aromatic N) is 1. The lowest BCUT2D eigenvalue weighted by atomic mass is 9.85. The predicted octanol–water partition coefficient (Wildman–Crippen LogP) is 2.75. The maximum atomic E-state index is 12.7. The molecule has 2 amide bonds. The van der Waals surface area contributed by atoms with Gasteiger partial charge in [-0.25, -0.2) is 0 Å². The van der Waals surface area contributed by atoms with Crippen LogP contribution in [0.25, 0.3) is 0 Å². The highest BCUT2D eigenvalue weighted by atomic mass is 16.2. The number of imide groups is 1. The Kier molecular flexibility index (Phi) is 3.92. The van der Waals surface area contributed by atoms with E-state index in [-0.39, 0.29) is 36.0 Å². The number of fused-ring (bicyclic) bond motifs is 1. The number of benzene rings is 1. The molecule has 1 aromatic carbocycles. The third-order valence-corrected chi connectivity index (χ3v) is 4.86. The SMILES string of the molecule is Cc1cc(C)c(C(=O)CN2C(=O)[C@H]3CC=CC[C@H]3C2=O)c(C)c1. The molecule has 0 spiro atoms. The minimum absolute atomic E-state index is 0.143. The highest BCUT2D eigenvalue weighted by Crippen LogP contribution is 2.35. The number of ketones is 1. The Labute approximate surface area is 136 Å². The molecule has 1 aliphatic carbocycles. The lowest BCUT2D eigenvalue weighted by Gasteiger charge is -2.16. The summed E-state index contributed by atoms with van der Waals surface area (Å²) < 4.78 is 0. The van der Waals surface area contributed by atoms with Gasteiger partial charge in [-0.2, -0.15) is 0 Å². The first-order chi connectivity index (χ1) is 10.9. The van der Waals surface area contributed by atoms with Crippen LogP contribution >= 0.6 is 0 Å². The third kappa shape index (κ3) is 2.62. The number of carbonyl (C=O) groups is 3. The zero-order valence-corrected chi connectivity index (χ0v) is 13.8. The molecular weight excluding hydrogens is 290 g/mol. The normalized spacial score (nSPS) is 23.3. The second-order valence-electron chi connectivity index (χ2n) is 6.62. The molecule has 1 fully saturated rings. The first-order valence-corrected chi connectivity index (χ1v) is 8.01. The first-order valence-electron chi connectivity index (χ1n) is 8.01. The van der Waals surface area contributed by atoms with Crippen molar-refractivity contribution >= 4 is 17.6 Å². The third-order valence-electron chi connectivity index (χ3n) is 4.86. The average Bonchev–Trinajstić information content (AvgIpc) is 2.72. The number of aryl methyl sites for hydroxylation is 3.